The maximum absolute atomic E-state index is 13.9. The van der Waals surface area contributed by atoms with E-state index in [4.69, 9.17) is 21.2 Å². The first-order valence-electron chi connectivity index (χ1n) is 11.1. The number of oxime groups is 1. The lowest BCUT2D eigenvalue weighted by molar-refractivity contribution is -0.0117. The Labute approximate surface area is 193 Å². The van der Waals surface area contributed by atoms with Crippen LogP contribution in [-0.2, 0) is 16.0 Å². The number of nitrogens with two attached hydrogens (primary N) is 2. The molecule has 0 unspecified atom stereocenters. The second-order valence-corrected chi connectivity index (χ2v) is 8.34. The van der Waals surface area contributed by atoms with Gasteiger partial charge in [0, 0.05) is 32.6 Å². The smallest absolute Gasteiger partial charge is 0.265 e. The monoisotopic (exact) mass is 465 g/mol. The predicted molar refractivity (Wildman–Crippen MR) is 125 cm³/mol. The molecule has 1 aromatic rings. The molecule has 2 aliphatic rings. The number of pyridine rings is 1. The Kier molecular flexibility index (Phi) is 8.20. The molecule has 1 aliphatic heterocycles. The van der Waals surface area contributed by atoms with Gasteiger partial charge >= 0.3 is 0 Å². The second kappa shape index (κ2) is 10.9. The maximum Gasteiger partial charge on any atom is 0.265 e. The van der Waals surface area contributed by atoms with Crippen molar-refractivity contribution in [2.24, 2.45) is 27.6 Å². The molecule has 1 saturated carbocycles. The topological polar surface area (TPSA) is 115 Å². The maximum atomic E-state index is 13.9. The van der Waals surface area contributed by atoms with Crippen LogP contribution >= 0.6 is 0 Å². The van der Waals surface area contributed by atoms with Gasteiger partial charge in [-0.1, -0.05) is 12.1 Å². The van der Waals surface area contributed by atoms with E-state index in [-0.39, 0.29) is 32.2 Å². The van der Waals surface area contributed by atoms with Crippen molar-refractivity contribution in [1.29, 1.82) is 0 Å². The lowest BCUT2D eigenvalue weighted by Crippen LogP contribution is -2.43. The highest BCUT2D eigenvalue weighted by atomic mass is 19.3. The van der Waals surface area contributed by atoms with Crippen LogP contribution in [0.15, 0.2) is 28.0 Å². The molecule has 0 bridgehead atoms. The molecule has 2 fully saturated rings. The van der Waals surface area contributed by atoms with Crippen molar-refractivity contribution < 1.29 is 18.4 Å². The van der Waals surface area contributed by atoms with Crippen molar-refractivity contribution in [3.05, 3.63) is 29.2 Å². The lowest BCUT2D eigenvalue weighted by atomic mass is 10.1. The van der Waals surface area contributed by atoms with Crippen molar-refractivity contribution in [2.45, 2.75) is 45.0 Å². The van der Waals surface area contributed by atoms with Crippen LogP contribution in [0.1, 0.15) is 44.0 Å². The second-order valence-electron chi connectivity index (χ2n) is 8.34. The first-order chi connectivity index (χ1) is 15.8. The summed E-state index contributed by atoms with van der Waals surface area (Å²) in [6.45, 7) is 5.69. The molecule has 3 rings (SSSR count). The van der Waals surface area contributed by atoms with Crippen LogP contribution in [0.4, 0.5) is 14.5 Å². The zero-order valence-corrected chi connectivity index (χ0v) is 19.3. The van der Waals surface area contributed by atoms with E-state index in [2.05, 4.69) is 21.8 Å². The number of halogens is 2. The molecule has 0 aromatic carbocycles. The minimum Gasteiger partial charge on any atom is -0.395 e. The van der Waals surface area contributed by atoms with E-state index >= 15 is 0 Å². The summed E-state index contributed by atoms with van der Waals surface area (Å²) in [5.41, 5.74) is 9.18. The molecule has 33 heavy (non-hydrogen) atoms. The molecule has 182 valence electrons. The van der Waals surface area contributed by atoms with Gasteiger partial charge in [-0.3, -0.25) is 0 Å². The Morgan fingerprint density at radius 1 is 1.39 bits per heavy atom. The summed E-state index contributed by atoms with van der Waals surface area (Å²) in [6, 6.07) is 3.53. The molecule has 0 spiro atoms. The van der Waals surface area contributed by atoms with Gasteiger partial charge in [0.2, 0.25) is 5.90 Å². The van der Waals surface area contributed by atoms with Gasteiger partial charge in [0.05, 0.1) is 41.6 Å². The number of likely N-dealkylation sites (N-methyl/N-ethyl adjacent to an activating group) is 1. The minimum atomic E-state index is -2.69. The van der Waals surface area contributed by atoms with Gasteiger partial charge in [0.25, 0.3) is 5.92 Å². The summed E-state index contributed by atoms with van der Waals surface area (Å²) < 4.78 is 33.5. The van der Waals surface area contributed by atoms with Crippen LogP contribution in [0, 0.1) is 5.92 Å². The Balaban J connectivity index is 1.74. The van der Waals surface area contributed by atoms with Crippen molar-refractivity contribution >= 4 is 24.0 Å². The lowest BCUT2D eigenvalue weighted by Gasteiger charge is -2.35. The fourth-order valence-corrected chi connectivity index (χ4v) is 3.76. The number of alkyl halides is 2. The Bertz CT molecular complexity index is 901. The van der Waals surface area contributed by atoms with Crippen LogP contribution in [0.2, 0.25) is 0 Å². The van der Waals surface area contributed by atoms with Gasteiger partial charge in [-0.05, 0) is 37.8 Å². The van der Waals surface area contributed by atoms with Gasteiger partial charge in [-0.25, -0.2) is 24.6 Å². The standard InChI is InChI=1S/C22H33F2N7O2/c1-4-16-18(31-11-5-10-22(23,24)13-31)9-8-17(29-16)20(25)19(30(3)26)12-32-14-28-21(33-27-2)15-6-7-15/h8-9,15H,2,4-7,10-14,25-26H2,1,3H3/b20-19-,28-21-. The number of aryl methyl sites for hydroxylation is 1. The Morgan fingerprint density at radius 2 is 2.15 bits per heavy atom. The van der Waals surface area contributed by atoms with Gasteiger partial charge in [0.1, 0.15) is 6.73 Å². The van der Waals surface area contributed by atoms with Gasteiger partial charge in [0.15, 0.2) is 0 Å². The van der Waals surface area contributed by atoms with Crippen LogP contribution in [-0.4, -0.2) is 62.0 Å². The summed E-state index contributed by atoms with van der Waals surface area (Å²) in [4.78, 5) is 15.7. The minimum absolute atomic E-state index is 0.0573. The number of hydrazine groups is 1. The van der Waals surface area contributed by atoms with Crippen molar-refractivity contribution in [3.8, 4) is 0 Å². The van der Waals surface area contributed by atoms with Gasteiger partial charge < -0.3 is 25.2 Å². The molecule has 0 amide bonds. The highest BCUT2D eigenvalue weighted by Gasteiger charge is 2.36. The van der Waals surface area contributed by atoms with E-state index in [1.165, 1.54) is 5.01 Å². The zero-order valence-electron chi connectivity index (χ0n) is 19.3. The van der Waals surface area contributed by atoms with Gasteiger partial charge in [-0.15, -0.1) is 0 Å². The van der Waals surface area contributed by atoms with E-state index in [1.54, 1.807) is 24.1 Å². The normalized spacial score (nSPS) is 19.2. The third kappa shape index (κ3) is 6.61. The van der Waals surface area contributed by atoms with Crippen LogP contribution in [0.25, 0.3) is 5.70 Å². The molecule has 1 aliphatic carbocycles. The first kappa shape index (κ1) is 24.8. The molecule has 1 aromatic heterocycles. The highest BCUT2D eigenvalue weighted by Crippen LogP contribution is 2.32. The molecule has 1 saturated heterocycles. The Morgan fingerprint density at radius 3 is 2.76 bits per heavy atom. The van der Waals surface area contributed by atoms with E-state index in [0.29, 0.717) is 53.8 Å². The van der Waals surface area contributed by atoms with Crippen LogP contribution < -0.4 is 16.5 Å². The van der Waals surface area contributed by atoms with E-state index in [0.717, 1.165) is 12.8 Å². The fourth-order valence-electron chi connectivity index (χ4n) is 3.76. The number of nitrogens with zero attached hydrogens (tertiary/aromatic N) is 5. The van der Waals surface area contributed by atoms with Crippen LogP contribution in [0.3, 0.4) is 0 Å². The summed E-state index contributed by atoms with van der Waals surface area (Å²) in [5.74, 6) is 4.07. The van der Waals surface area contributed by atoms with Crippen molar-refractivity contribution in [2.75, 3.05) is 38.4 Å². The third-order valence-corrected chi connectivity index (χ3v) is 5.67. The number of rotatable bonds is 10. The first-order valence-corrected chi connectivity index (χ1v) is 11.1. The summed E-state index contributed by atoms with van der Waals surface area (Å²) in [6.07, 6.45) is 2.96. The molecule has 11 heteroatoms. The number of hydrogen-bond acceptors (Lipinski definition) is 9. The zero-order chi connectivity index (χ0) is 24.0. The quantitative estimate of drug-likeness (QED) is 0.179. The third-order valence-electron chi connectivity index (χ3n) is 5.67. The summed E-state index contributed by atoms with van der Waals surface area (Å²) in [7, 11) is 1.65. The molecule has 0 radical (unpaired) electrons. The predicted octanol–water partition coefficient (Wildman–Crippen LogP) is 2.73. The summed E-state index contributed by atoms with van der Waals surface area (Å²) in [5, 5.41) is 4.80. The highest BCUT2D eigenvalue weighted by molar-refractivity contribution is 5.80. The number of aliphatic imine (C=N–C) groups is 1. The SMILES string of the molecule is C=NO/C(=N\COC/C(=C(/N)c1ccc(N2CCCC(F)(F)C2)c(CC)n1)N(C)N)C1CC1. The summed E-state index contributed by atoms with van der Waals surface area (Å²) >= 11 is 0. The average Bonchev–Trinajstić information content (AvgIpc) is 3.62. The molecule has 9 nitrogen and oxygen atoms in total. The number of ether oxygens (including phenoxy) is 1. The Hall–Kier alpha value is -2.79. The van der Waals surface area contributed by atoms with E-state index in [9.17, 15) is 8.78 Å². The van der Waals surface area contributed by atoms with E-state index < -0.39 is 5.92 Å². The van der Waals surface area contributed by atoms with E-state index in [1.807, 2.05) is 6.92 Å². The molecule has 4 N–H and O–H groups in total. The molecular formula is C22H33F2N7O2. The number of hydrogen-bond donors (Lipinski definition) is 2. The number of piperidine rings is 1. The van der Waals surface area contributed by atoms with Crippen molar-refractivity contribution in [3.63, 3.8) is 0 Å². The fraction of sp³-hybridized carbons (Fsp3) is 0.591. The molecular weight excluding hydrogens is 432 g/mol. The molecule has 2 heterocycles. The number of aromatic nitrogens is 1. The molecule has 0 atom stereocenters. The van der Waals surface area contributed by atoms with Crippen LogP contribution in [0.5, 0.6) is 0 Å². The van der Waals surface area contributed by atoms with Crippen molar-refractivity contribution in [1.82, 2.24) is 9.99 Å². The number of anilines is 1. The largest absolute Gasteiger partial charge is 0.395 e. The van der Waals surface area contributed by atoms with Gasteiger partial charge in [-0.2, -0.15) is 0 Å². The average molecular weight is 466 g/mol.